The number of piperidine rings is 2. The predicted octanol–water partition coefficient (Wildman–Crippen LogP) is 7.42. The zero-order chi connectivity index (χ0) is 40.3. The molecule has 4 aliphatic rings. The second kappa shape index (κ2) is 17.7. The molecule has 15 heteroatoms. The highest BCUT2D eigenvalue weighted by atomic mass is 35.5. The van der Waals surface area contributed by atoms with E-state index < -0.39 is 0 Å². The van der Waals surface area contributed by atoms with Crippen LogP contribution in [0.15, 0.2) is 85.5 Å². The van der Waals surface area contributed by atoms with Gasteiger partial charge in [0.1, 0.15) is 11.5 Å². The Hall–Kier alpha value is -5.02. The van der Waals surface area contributed by atoms with Gasteiger partial charge in [-0.1, -0.05) is 17.7 Å². The van der Waals surface area contributed by atoms with E-state index in [9.17, 15) is 9.59 Å². The van der Waals surface area contributed by atoms with Crippen molar-refractivity contribution < 1.29 is 14.0 Å². The summed E-state index contributed by atoms with van der Waals surface area (Å²) in [5.74, 6) is 0.491. The lowest BCUT2D eigenvalue weighted by atomic mass is 9.91. The van der Waals surface area contributed by atoms with Crippen molar-refractivity contribution >= 4 is 52.7 Å². The SMILES string of the molecule is O=C1CCC(c2ccc(N3CCC(CN4CCN(c5ccc(-n6cc(-c7cc(Cl)cc(NSN8CCCC8)c7F)c(-c7ccncc7)n6)cc5)CC4)CC3)nc2)C(=O)N1. The molecule has 4 saturated heterocycles. The minimum absolute atomic E-state index is 0.199. The second-order valence-corrected chi connectivity index (χ2v) is 17.2. The molecule has 0 radical (unpaired) electrons. The van der Waals surface area contributed by atoms with Gasteiger partial charge in [-0.2, -0.15) is 5.10 Å². The number of imide groups is 1. The normalized spacial score (nSPS) is 19.7. The van der Waals surface area contributed by atoms with E-state index >= 15 is 4.39 Å². The number of nitrogens with one attached hydrogen (secondary N) is 2. The number of hydrogen-bond acceptors (Lipinski definition) is 11. The Bertz CT molecular complexity index is 2260. The van der Waals surface area contributed by atoms with Crippen molar-refractivity contribution in [2.45, 2.75) is 44.4 Å². The third-order valence-electron chi connectivity index (χ3n) is 12.1. The van der Waals surface area contributed by atoms with E-state index in [1.807, 2.05) is 35.1 Å². The number of aromatic nitrogens is 4. The monoisotopic (exact) mass is 834 g/mol. The summed E-state index contributed by atoms with van der Waals surface area (Å²) < 4.78 is 23.5. The molecule has 0 aliphatic carbocycles. The minimum atomic E-state index is -0.371. The molecule has 7 heterocycles. The number of amides is 2. The Balaban J connectivity index is 0.808. The highest BCUT2D eigenvalue weighted by Crippen LogP contribution is 2.39. The lowest BCUT2D eigenvalue weighted by molar-refractivity contribution is -0.134. The van der Waals surface area contributed by atoms with Gasteiger partial charge in [0.05, 0.1) is 17.3 Å². The second-order valence-electron chi connectivity index (χ2n) is 15.9. The van der Waals surface area contributed by atoms with E-state index in [1.54, 1.807) is 30.7 Å². The Morgan fingerprint density at radius 2 is 1.58 bits per heavy atom. The fourth-order valence-corrected chi connectivity index (χ4v) is 9.73. The smallest absolute Gasteiger partial charge is 0.234 e. The summed E-state index contributed by atoms with van der Waals surface area (Å²) in [4.78, 5) is 40.1. The maximum absolute atomic E-state index is 16.3. The number of nitrogens with zero attached hydrogens (tertiary/aromatic N) is 8. The van der Waals surface area contributed by atoms with Gasteiger partial charge in [-0.05, 0) is 98.2 Å². The van der Waals surface area contributed by atoms with Gasteiger partial charge in [0.25, 0.3) is 0 Å². The summed E-state index contributed by atoms with van der Waals surface area (Å²) in [7, 11) is 0. The fourth-order valence-electron chi connectivity index (χ4n) is 8.70. The Labute approximate surface area is 353 Å². The molecule has 2 amide bonds. The minimum Gasteiger partial charge on any atom is -0.369 e. The molecule has 12 nitrogen and oxygen atoms in total. The molecule has 2 aromatic carbocycles. The van der Waals surface area contributed by atoms with E-state index in [0.29, 0.717) is 46.3 Å². The van der Waals surface area contributed by atoms with Gasteiger partial charge in [0, 0.05) is 130 Å². The topological polar surface area (TPSA) is 115 Å². The van der Waals surface area contributed by atoms with Crippen LogP contribution in [0.1, 0.15) is 50.0 Å². The van der Waals surface area contributed by atoms with Crippen LogP contribution in [0.3, 0.4) is 0 Å². The number of anilines is 3. The lowest BCUT2D eigenvalue weighted by Gasteiger charge is -2.40. The van der Waals surface area contributed by atoms with Gasteiger partial charge in [0.2, 0.25) is 11.8 Å². The van der Waals surface area contributed by atoms with E-state index in [1.165, 1.54) is 17.8 Å². The van der Waals surface area contributed by atoms with E-state index in [4.69, 9.17) is 21.7 Å². The summed E-state index contributed by atoms with van der Waals surface area (Å²) in [6, 6.07) is 19.5. The number of carbonyl (C=O) groups excluding carboxylic acids is 2. The van der Waals surface area contributed by atoms with E-state index in [0.717, 1.165) is 107 Å². The van der Waals surface area contributed by atoms with Crippen LogP contribution in [0, 0.1) is 11.7 Å². The molecule has 0 spiro atoms. The molecule has 9 rings (SSSR count). The summed E-state index contributed by atoms with van der Waals surface area (Å²) >= 11 is 8.02. The van der Waals surface area contributed by atoms with Crippen molar-refractivity contribution in [1.29, 1.82) is 0 Å². The van der Waals surface area contributed by atoms with Gasteiger partial charge in [-0.15, -0.1) is 0 Å². The number of hydrogen-bond donors (Lipinski definition) is 2. The van der Waals surface area contributed by atoms with Crippen LogP contribution in [0.2, 0.25) is 5.02 Å². The maximum atomic E-state index is 16.3. The van der Waals surface area contributed by atoms with Crippen molar-refractivity contribution in [3.8, 4) is 28.1 Å². The molecule has 1 unspecified atom stereocenters. The van der Waals surface area contributed by atoms with Crippen LogP contribution >= 0.6 is 23.7 Å². The van der Waals surface area contributed by atoms with Crippen molar-refractivity contribution in [3.05, 3.63) is 102 Å². The van der Waals surface area contributed by atoms with E-state index in [2.05, 4.69) is 58.3 Å². The Kier molecular flexibility index (Phi) is 11.8. The Morgan fingerprint density at radius 3 is 2.29 bits per heavy atom. The lowest BCUT2D eigenvalue weighted by Crippen LogP contribution is -2.49. The summed E-state index contributed by atoms with van der Waals surface area (Å²) in [5, 5.41) is 7.87. The molecule has 3 aromatic heterocycles. The average molecular weight is 835 g/mol. The first-order valence-electron chi connectivity index (χ1n) is 20.6. The van der Waals surface area contributed by atoms with Crippen LogP contribution in [0.4, 0.5) is 21.6 Å². The highest BCUT2D eigenvalue weighted by molar-refractivity contribution is 7.98. The number of halogens is 2. The standard InChI is InChI=1S/C44H48ClFN10O2S/c45-33-25-37(42(46)39(26-33)51-59-55-17-1-2-18-55)38-29-56(50-43(38)31-11-15-47-16-12-31)35-6-4-34(5-7-35)53-23-21-52(22-24-53)28-30-13-19-54(20-14-30)40-9-3-32(27-48-40)36-8-10-41(57)49-44(36)58/h3-7,9,11-12,15-16,25-27,29-30,36,51H,1-2,8,10,13-14,17-24,28H2,(H,49,57,58). The molecular formula is C44H48ClFN10O2S. The molecule has 2 N–H and O–H groups in total. The van der Waals surface area contributed by atoms with Gasteiger partial charge in [0.15, 0.2) is 5.82 Å². The number of rotatable bonds is 11. The van der Waals surface area contributed by atoms with Crippen molar-refractivity contribution in [2.75, 3.05) is 73.4 Å². The molecule has 1 atom stereocenters. The third kappa shape index (κ3) is 8.96. The average Bonchev–Trinajstić information content (AvgIpc) is 3.96. The van der Waals surface area contributed by atoms with Crippen LogP contribution in [0.5, 0.6) is 0 Å². The molecule has 0 saturated carbocycles. The molecule has 4 fully saturated rings. The zero-order valence-corrected chi connectivity index (χ0v) is 34.5. The zero-order valence-electron chi connectivity index (χ0n) is 32.9. The highest BCUT2D eigenvalue weighted by Gasteiger charge is 2.29. The molecule has 0 bridgehead atoms. The van der Waals surface area contributed by atoms with Crippen molar-refractivity contribution in [2.24, 2.45) is 5.92 Å². The molecule has 4 aliphatic heterocycles. The number of pyridine rings is 2. The quantitative estimate of drug-likeness (QED) is 0.102. The fraction of sp³-hybridized carbons (Fsp3) is 0.386. The number of benzene rings is 2. The molecule has 59 heavy (non-hydrogen) atoms. The molecule has 306 valence electrons. The van der Waals surface area contributed by atoms with E-state index in [-0.39, 0.29) is 23.5 Å². The van der Waals surface area contributed by atoms with Crippen LogP contribution < -0.4 is 19.8 Å². The number of piperazine rings is 1. The Morgan fingerprint density at radius 1 is 0.831 bits per heavy atom. The predicted molar refractivity (Wildman–Crippen MR) is 232 cm³/mol. The molecule has 5 aromatic rings. The largest absolute Gasteiger partial charge is 0.369 e. The van der Waals surface area contributed by atoms with Gasteiger partial charge < -0.3 is 14.5 Å². The summed E-state index contributed by atoms with van der Waals surface area (Å²) in [5.41, 5.74) is 5.78. The third-order valence-corrected chi connectivity index (χ3v) is 13.2. The van der Waals surface area contributed by atoms with Crippen molar-refractivity contribution in [1.82, 2.24) is 34.3 Å². The first kappa shape index (κ1) is 39.4. The van der Waals surface area contributed by atoms with Gasteiger partial charge in [-0.3, -0.25) is 24.8 Å². The van der Waals surface area contributed by atoms with Crippen LogP contribution in [-0.2, 0) is 9.59 Å². The number of carbonyl (C=O) groups is 2. The van der Waals surface area contributed by atoms with Crippen molar-refractivity contribution in [3.63, 3.8) is 0 Å². The van der Waals surface area contributed by atoms with Crippen LogP contribution in [-0.4, -0.2) is 99.7 Å². The maximum Gasteiger partial charge on any atom is 0.234 e. The van der Waals surface area contributed by atoms with Gasteiger partial charge >= 0.3 is 0 Å². The first-order valence-corrected chi connectivity index (χ1v) is 21.8. The molecular weight excluding hydrogens is 787 g/mol. The summed E-state index contributed by atoms with van der Waals surface area (Å²) in [6.45, 7) is 8.92. The van der Waals surface area contributed by atoms with Crippen LogP contribution in [0.25, 0.3) is 28.1 Å². The summed E-state index contributed by atoms with van der Waals surface area (Å²) in [6.07, 6.45) is 12.5. The van der Waals surface area contributed by atoms with Gasteiger partial charge in [-0.25, -0.2) is 18.4 Å². The first-order chi connectivity index (χ1) is 28.8.